The predicted molar refractivity (Wildman–Crippen MR) is 70.1 cm³/mol. The summed E-state index contributed by atoms with van der Waals surface area (Å²) in [6, 6.07) is 0. The minimum absolute atomic E-state index is 0.309. The van der Waals surface area contributed by atoms with Crippen molar-refractivity contribution >= 4 is 11.6 Å². The van der Waals surface area contributed by atoms with E-state index in [9.17, 15) is 0 Å². The SMILES string of the molecule is Cc1c(NN)nc(C(C)C)nc1N1CCCC1. The van der Waals surface area contributed by atoms with Gasteiger partial charge in [0.2, 0.25) is 0 Å². The number of aromatic nitrogens is 2. The highest BCUT2D eigenvalue weighted by molar-refractivity contribution is 5.58. The van der Waals surface area contributed by atoms with Crippen LogP contribution in [0.5, 0.6) is 0 Å². The van der Waals surface area contributed by atoms with Gasteiger partial charge in [-0.2, -0.15) is 0 Å². The fourth-order valence-corrected chi connectivity index (χ4v) is 2.16. The average molecular weight is 235 g/mol. The monoisotopic (exact) mass is 235 g/mol. The van der Waals surface area contributed by atoms with Crippen molar-refractivity contribution in [3.63, 3.8) is 0 Å². The van der Waals surface area contributed by atoms with Crippen molar-refractivity contribution < 1.29 is 0 Å². The molecule has 1 aliphatic heterocycles. The van der Waals surface area contributed by atoms with Gasteiger partial charge in [-0.05, 0) is 19.8 Å². The van der Waals surface area contributed by atoms with Crippen LogP contribution in [0.15, 0.2) is 0 Å². The molecule has 94 valence electrons. The number of nitrogens with one attached hydrogen (secondary N) is 1. The molecule has 2 rings (SSSR count). The third-order valence-corrected chi connectivity index (χ3v) is 3.20. The lowest BCUT2D eigenvalue weighted by molar-refractivity contribution is 0.762. The van der Waals surface area contributed by atoms with Gasteiger partial charge in [0, 0.05) is 24.6 Å². The Morgan fingerprint density at radius 1 is 1.24 bits per heavy atom. The molecule has 5 nitrogen and oxygen atoms in total. The molecule has 2 heterocycles. The minimum atomic E-state index is 0.309. The second-order valence-corrected chi connectivity index (χ2v) is 4.87. The normalized spacial score (nSPS) is 15.7. The fourth-order valence-electron chi connectivity index (χ4n) is 2.16. The lowest BCUT2D eigenvalue weighted by Gasteiger charge is -2.21. The molecule has 17 heavy (non-hydrogen) atoms. The van der Waals surface area contributed by atoms with Crippen LogP contribution in [0.3, 0.4) is 0 Å². The smallest absolute Gasteiger partial charge is 0.148 e. The number of nitrogen functional groups attached to an aromatic ring is 1. The zero-order chi connectivity index (χ0) is 12.4. The first-order valence-electron chi connectivity index (χ1n) is 6.23. The van der Waals surface area contributed by atoms with E-state index in [0.29, 0.717) is 5.92 Å². The molecule has 0 atom stereocenters. The summed E-state index contributed by atoms with van der Waals surface area (Å²) in [7, 11) is 0. The highest BCUT2D eigenvalue weighted by Gasteiger charge is 2.20. The van der Waals surface area contributed by atoms with E-state index in [0.717, 1.165) is 36.1 Å². The molecule has 1 aliphatic rings. The Morgan fingerprint density at radius 2 is 1.88 bits per heavy atom. The van der Waals surface area contributed by atoms with Gasteiger partial charge < -0.3 is 10.3 Å². The molecular weight excluding hydrogens is 214 g/mol. The molecule has 1 aromatic rings. The standard InChI is InChI=1S/C12H21N5/c1-8(2)10-14-11(16-13)9(3)12(15-10)17-6-4-5-7-17/h8H,4-7,13H2,1-3H3,(H,14,15,16). The van der Waals surface area contributed by atoms with Crippen LogP contribution >= 0.6 is 0 Å². The van der Waals surface area contributed by atoms with Crippen molar-refractivity contribution in [2.45, 2.75) is 39.5 Å². The summed E-state index contributed by atoms with van der Waals surface area (Å²) >= 11 is 0. The fraction of sp³-hybridized carbons (Fsp3) is 0.667. The minimum Gasteiger partial charge on any atom is -0.356 e. The van der Waals surface area contributed by atoms with Crippen molar-refractivity contribution in [2.24, 2.45) is 5.84 Å². The van der Waals surface area contributed by atoms with E-state index in [4.69, 9.17) is 5.84 Å². The number of hydrogen-bond donors (Lipinski definition) is 2. The lowest BCUT2D eigenvalue weighted by atomic mass is 10.2. The summed E-state index contributed by atoms with van der Waals surface area (Å²) in [5.41, 5.74) is 3.72. The van der Waals surface area contributed by atoms with E-state index in [2.05, 4.69) is 34.1 Å². The zero-order valence-electron chi connectivity index (χ0n) is 10.8. The van der Waals surface area contributed by atoms with Crippen molar-refractivity contribution in [2.75, 3.05) is 23.4 Å². The summed E-state index contributed by atoms with van der Waals surface area (Å²) in [5, 5.41) is 0. The number of hydrogen-bond acceptors (Lipinski definition) is 5. The molecule has 5 heteroatoms. The Kier molecular flexibility index (Phi) is 3.47. The molecule has 0 amide bonds. The van der Waals surface area contributed by atoms with Crippen molar-refractivity contribution in [3.8, 4) is 0 Å². The van der Waals surface area contributed by atoms with Crippen molar-refractivity contribution in [1.82, 2.24) is 9.97 Å². The maximum Gasteiger partial charge on any atom is 0.148 e. The van der Waals surface area contributed by atoms with Gasteiger partial charge >= 0.3 is 0 Å². The van der Waals surface area contributed by atoms with E-state index >= 15 is 0 Å². The van der Waals surface area contributed by atoms with Crippen LogP contribution in [0.1, 0.15) is 44.0 Å². The summed E-state index contributed by atoms with van der Waals surface area (Å²) in [6.45, 7) is 8.38. The molecule has 1 saturated heterocycles. The first-order valence-corrected chi connectivity index (χ1v) is 6.23. The van der Waals surface area contributed by atoms with Gasteiger partial charge in [-0.1, -0.05) is 13.8 Å². The largest absolute Gasteiger partial charge is 0.356 e. The third-order valence-electron chi connectivity index (χ3n) is 3.20. The van der Waals surface area contributed by atoms with Crippen LogP contribution in [0.25, 0.3) is 0 Å². The van der Waals surface area contributed by atoms with E-state index in [-0.39, 0.29) is 0 Å². The van der Waals surface area contributed by atoms with E-state index in [1.54, 1.807) is 0 Å². The van der Waals surface area contributed by atoms with Crippen LogP contribution in [0.2, 0.25) is 0 Å². The number of rotatable bonds is 3. The zero-order valence-corrected chi connectivity index (χ0v) is 10.8. The Hall–Kier alpha value is -1.36. The van der Waals surface area contributed by atoms with Crippen molar-refractivity contribution in [1.29, 1.82) is 0 Å². The highest BCUT2D eigenvalue weighted by Crippen LogP contribution is 2.27. The van der Waals surface area contributed by atoms with Crippen LogP contribution in [0.4, 0.5) is 11.6 Å². The van der Waals surface area contributed by atoms with Gasteiger partial charge in [0.05, 0.1) is 0 Å². The molecular formula is C12H21N5. The van der Waals surface area contributed by atoms with Crippen molar-refractivity contribution in [3.05, 3.63) is 11.4 Å². The molecule has 0 unspecified atom stereocenters. The summed E-state index contributed by atoms with van der Waals surface area (Å²) in [6.07, 6.45) is 2.48. The summed E-state index contributed by atoms with van der Waals surface area (Å²) < 4.78 is 0. The van der Waals surface area contributed by atoms with E-state index in [1.165, 1.54) is 12.8 Å². The van der Waals surface area contributed by atoms with Crippen LogP contribution < -0.4 is 16.2 Å². The maximum absolute atomic E-state index is 5.53. The molecule has 0 aromatic carbocycles. The third kappa shape index (κ3) is 2.34. The Balaban J connectivity index is 2.44. The molecule has 1 fully saturated rings. The second-order valence-electron chi connectivity index (χ2n) is 4.87. The van der Waals surface area contributed by atoms with Gasteiger partial charge in [0.25, 0.3) is 0 Å². The molecule has 0 radical (unpaired) electrons. The molecule has 0 aliphatic carbocycles. The van der Waals surface area contributed by atoms with Gasteiger partial charge in [-0.15, -0.1) is 0 Å². The molecule has 1 aromatic heterocycles. The Labute approximate surface area is 102 Å². The summed E-state index contributed by atoms with van der Waals surface area (Å²) in [5.74, 6) is 8.47. The average Bonchev–Trinajstić information content (AvgIpc) is 2.82. The van der Waals surface area contributed by atoms with Gasteiger partial charge in [0.1, 0.15) is 17.5 Å². The van der Waals surface area contributed by atoms with Gasteiger partial charge in [-0.25, -0.2) is 15.8 Å². The first kappa shape index (κ1) is 12.1. The molecule has 0 saturated carbocycles. The Morgan fingerprint density at radius 3 is 2.41 bits per heavy atom. The van der Waals surface area contributed by atoms with Crippen LogP contribution in [0, 0.1) is 6.92 Å². The number of anilines is 2. The molecule has 0 spiro atoms. The van der Waals surface area contributed by atoms with Gasteiger partial charge in [-0.3, -0.25) is 0 Å². The first-order chi connectivity index (χ1) is 8.13. The maximum atomic E-state index is 5.53. The highest BCUT2D eigenvalue weighted by atomic mass is 15.3. The quantitative estimate of drug-likeness (QED) is 0.617. The van der Waals surface area contributed by atoms with Gasteiger partial charge in [0.15, 0.2) is 0 Å². The summed E-state index contributed by atoms with van der Waals surface area (Å²) in [4.78, 5) is 11.5. The number of nitrogens with zero attached hydrogens (tertiary/aromatic N) is 3. The number of nitrogens with two attached hydrogens (primary N) is 1. The molecule has 3 N–H and O–H groups in total. The lowest BCUT2D eigenvalue weighted by Crippen LogP contribution is -2.23. The van der Waals surface area contributed by atoms with E-state index in [1.807, 2.05) is 6.92 Å². The van der Waals surface area contributed by atoms with Crippen LogP contribution in [-0.2, 0) is 0 Å². The van der Waals surface area contributed by atoms with E-state index < -0.39 is 0 Å². The topological polar surface area (TPSA) is 67.1 Å². The second kappa shape index (κ2) is 4.87. The van der Waals surface area contributed by atoms with Crippen LogP contribution in [-0.4, -0.2) is 23.1 Å². The molecule has 0 bridgehead atoms. The predicted octanol–water partition coefficient (Wildman–Crippen LogP) is 1.79. The Bertz CT molecular complexity index is 396. The number of hydrazine groups is 1.